The van der Waals surface area contributed by atoms with Gasteiger partial charge in [0.1, 0.15) is 0 Å². The SMILES string of the molecule is O=C(NCCSC(F)(F)F)c1ccc2c(c1)COC2. The summed E-state index contributed by atoms with van der Waals surface area (Å²) in [6, 6.07) is 5.18. The van der Waals surface area contributed by atoms with Crippen molar-refractivity contribution in [1.29, 1.82) is 0 Å². The molecule has 0 unspecified atom stereocenters. The number of alkyl halides is 3. The first-order valence-electron chi connectivity index (χ1n) is 5.64. The molecular formula is C12H12F3NO2S. The number of halogens is 3. The Balaban J connectivity index is 1.83. The van der Waals surface area contributed by atoms with E-state index in [1.54, 1.807) is 12.1 Å². The van der Waals surface area contributed by atoms with Crippen LogP contribution < -0.4 is 5.32 Å². The molecule has 0 atom stereocenters. The average molecular weight is 291 g/mol. The summed E-state index contributed by atoms with van der Waals surface area (Å²) in [6.45, 7) is 0.996. The van der Waals surface area contributed by atoms with Gasteiger partial charge >= 0.3 is 5.51 Å². The van der Waals surface area contributed by atoms with Gasteiger partial charge in [-0.3, -0.25) is 4.79 Å². The van der Waals surface area contributed by atoms with Crippen LogP contribution in [0.25, 0.3) is 0 Å². The number of thioether (sulfide) groups is 1. The molecule has 2 rings (SSSR count). The minimum atomic E-state index is -4.25. The molecule has 0 radical (unpaired) electrons. The number of carbonyl (C=O) groups excluding carboxylic acids is 1. The van der Waals surface area contributed by atoms with Crippen molar-refractivity contribution in [2.45, 2.75) is 18.7 Å². The first-order valence-corrected chi connectivity index (χ1v) is 6.63. The minimum Gasteiger partial charge on any atom is -0.372 e. The summed E-state index contributed by atoms with van der Waals surface area (Å²) in [5, 5.41) is 2.46. The van der Waals surface area contributed by atoms with Crippen molar-refractivity contribution in [3.8, 4) is 0 Å². The molecule has 0 aliphatic carbocycles. The zero-order chi connectivity index (χ0) is 13.9. The van der Waals surface area contributed by atoms with Crippen molar-refractivity contribution in [1.82, 2.24) is 5.32 Å². The molecule has 7 heteroatoms. The second-order valence-corrected chi connectivity index (χ2v) is 5.19. The third kappa shape index (κ3) is 4.14. The predicted molar refractivity (Wildman–Crippen MR) is 65.8 cm³/mol. The molecule has 1 aromatic rings. The van der Waals surface area contributed by atoms with Crippen molar-refractivity contribution in [3.63, 3.8) is 0 Å². The lowest BCUT2D eigenvalue weighted by atomic mass is 10.1. The van der Waals surface area contributed by atoms with E-state index < -0.39 is 5.51 Å². The summed E-state index contributed by atoms with van der Waals surface area (Å²) in [5.74, 6) is -0.555. The summed E-state index contributed by atoms with van der Waals surface area (Å²) < 4.78 is 40.9. The Morgan fingerprint density at radius 2 is 2.05 bits per heavy atom. The maximum atomic E-state index is 11.9. The summed E-state index contributed by atoms with van der Waals surface area (Å²) in [6.07, 6.45) is 0. The second kappa shape index (κ2) is 5.83. The molecule has 1 aliphatic rings. The number of hydrogen-bond donors (Lipinski definition) is 1. The Morgan fingerprint density at radius 3 is 2.79 bits per heavy atom. The van der Waals surface area contributed by atoms with Crippen LogP contribution in [0.2, 0.25) is 0 Å². The fourth-order valence-electron chi connectivity index (χ4n) is 1.75. The Kier molecular flexibility index (Phi) is 4.36. The summed E-state index contributed by atoms with van der Waals surface area (Å²) in [7, 11) is 0. The zero-order valence-electron chi connectivity index (χ0n) is 9.92. The first kappa shape index (κ1) is 14.2. The van der Waals surface area contributed by atoms with Crippen LogP contribution in [0.4, 0.5) is 13.2 Å². The van der Waals surface area contributed by atoms with E-state index in [0.717, 1.165) is 11.1 Å². The van der Waals surface area contributed by atoms with Crippen molar-refractivity contribution in [2.24, 2.45) is 0 Å². The molecule has 1 aromatic carbocycles. The van der Waals surface area contributed by atoms with Crippen LogP contribution in [0.5, 0.6) is 0 Å². The molecule has 0 spiro atoms. The highest BCUT2D eigenvalue weighted by atomic mass is 32.2. The number of benzene rings is 1. The normalized spacial score (nSPS) is 14.3. The van der Waals surface area contributed by atoms with Gasteiger partial charge in [-0.15, -0.1) is 0 Å². The summed E-state index contributed by atoms with van der Waals surface area (Å²) >= 11 is -0.144. The van der Waals surface area contributed by atoms with Crippen LogP contribution in [-0.2, 0) is 18.0 Å². The monoisotopic (exact) mass is 291 g/mol. The lowest BCUT2D eigenvalue weighted by Crippen LogP contribution is -2.26. The van der Waals surface area contributed by atoms with Crippen LogP contribution in [0.3, 0.4) is 0 Å². The van der Waals surface area contributed by atoms with Crippen LogP contribution >= 0.6 is 11.8 Å². The third-order valence-corrected chi connectivity index (χ3v) is 3.37. The number of carbonyl (C=O) groups is 1. The van der Waals surface area contributed by atoms with Gasteiger partial charge in [-0.05, 0) is 35.0 Å². The van der Waals surface area contributed by atoms with Crippen LogP contribution in [0.1, 0.15) is 21.5 Å². The van der Waals surface area contributed by atoms with Gasteiger partial charge in [-0.25, -0.2) is 0 Å². The molecule has 1 N–H and O–H groups in total. The highest BCUT2D eigenvalue weighted by Crippen LogP contribution is 2.29. The van der Waals surface area contributed by atoms with E-state index in [1.807, 2.05) is 6.07 Å². The van der Waals surface area contributed by atoms with Crippen molar-refractivity contribution >= 4 is 17.7 Å². The van der Waals surface area contributed by atoms with Gasteiger partial charge in [-0.1, -0.05) is 6.07 Å². The fraction of sp³-hybridized carbons (Fsp3) is 0.417. The Hall–Kier alpha value is -1.21. The quantitative estimate of drug-likeness (QED) is 0.867. The highest BCUT2D eigenvalue weighted by Gasteiger charge is 2.27. The van der Waals surface area contributed by atoms with E-state index >= 15 is 0 Å². The molecule has 0 bridgehead atoms. The van der Waals surface area contributed by atoms with E-state index in [1.165, 1.54) is 0 Å². The summed E-state index contributed by atoms with van der Waals surface area (Å²) in [4.78, 5) is 11.7. The molecule has 0 saturated heterocycles. The van der Waals surface area contributed by atoms with Gasteiger partial charge in [0.15, 0.2) is 0 Å². The predicted octanol–water partition coefficient (Wildman–Crippen LogP) is 2.70. The second-order valence-electron chi connectivity index (χ2n) is 4.03. The number of nitrogens with one attached hydrogen (secondary N) is 1. The maximum absolute atomic E-state index is 11.9. The molecular weight excluding hydrogens is 279 g/mol. The highest BCUT2D eigenvalue weighted by molar-refractivity contribution is 8.00. The van der Waals surface area contributed by atoms with Crippen molar-refractivity contribution < 1.29 is 22.7 Å². The molecule has 1 aliphatic heterocycles. The molecule has 104 valence electrons. The number of rotatable bonds is 4. The van der Waals surface area contributed by atoms with E-state index in [9.17, 15) is 18.0 Å². The van der Waals surface area contributed by atoms with Crippen LogP contribution in [0, 0.1) is 0 Å². The smallest absolute Gasteiger partial charge is 0.372 e. The third-order valence-electron chi connectivity index (χ3n) is 2.64. The van der Waals surface area contributed by atoms with Gasteiger partial charge in [0.2, 0.25) is 0 Å². The molecule has 1 heterocycles. The molecule has 3 nitrogen and oxygen atoms in total. The number of ether oxygens (including phenoxy) is 1. The van der Waals surface area contributed by atoms with Gasteiger partial charge in [0, 0.05) is 17.9 Å². The van der Waals surface area contributed by atoms with Crippen molar-refractivity contribution in [2.75, 3.05) is 12.3 Å². The average Bonchev–Trinajstić information content (AvgIpc) is 2.80. The van der Waals surface area contributed by atoms with Gasteiger partial charge < -0.3 is 10.1 Å². The van der Waals surface area contributed by atoms with Gasteiger partial charge in [0.25, 0.3) is 5.91 Å². The number of hydrogen-bond acceptors (Lipinski definition) is 3. The Morgan fingerprint density at radius 1 is 1.32 bits per heavy atom. The minimum absolute atomic E-state index is 0.0173. The van der Waals surface area contributed by atoms with E-state index in [-0.39, 0.29) is 30.0 Å². The standard InChI is InChI=1S/C12H12F3NO2S/c13-12(14,15)19-4-3-16-11(17)8-1-2-9-6-18-7-10(9)5-8/h1-2,5H,3-4,6-7H2,(H,16,17). The molecule has 0 aromatic heterocycles. The lowest BCUT2D eigenvalue weighted by Gasteiger charge is -2.08. The van der Waals surface area contributed by atoms with E-state index in [4.69, 9.17) is 4.74 Å². The van der Waals surface area contributed by atoms with E-state index in [2.05, 4.69) is 5.32 Å². The summed E-state index contributed by atoms with van der Waals surface area (Å²) in [5.41, 5.74) is -1.81. The zero-order valence-corrected chi connectivity index (χ0v) is 10.7. The van der Waals surface area contributed by atoms with E-state index in [0.29, 0.717) is 18.8 Å². The van der Waals surface area contributed by atoms with Crippen LogP contribution in [-0.4, -0.2) is 23.7 Å². The maximum Gasteiger partial charge on any atom is 0.441 e. The fourth-order valence-corrected chi connectivity index (χ4v) is 2.18. The van der Waals surface area contributed by atoms with Gasteiger partial charge in [0.05, 0.1) is 13.2 Å². The van der Waals surface area contributed by atoms with Crippen LogP contribution in [0.15, 0.2) is 18.2 Å². The topological polar surface area (TPSA) is 38.3 Å². The molecule has 19 heavy (non-hydrogen) atoms. The number of fused-ring (bicyclic) bond motifs is 1. The molecule has 0 fully saturated rings. The Bertz CT molecular complexity index is 477. The molecule has 1 amide bonds. The van der Waals surface area contributed by atoms with Crippen molar-refractivity contribution in [3.05, 3.63) is 34.9 Å². The van der Waals surface area contributed by atoms with Gasteiger partial charge in [-0.2, -0.15) is 13.2 Å². The first-order chi connectivity index (χ1) is 8.96. The lowest BCUT2D eigenvalue weighted by molar-refractivity contribution is -0.0327. The Labute approximate surface area is 112 Å². The molecule has 0 saturated carbocycles. The largest absolute Gasteiger partial charge is 0.441 e. The number of amides is 1.